The smallest absolute Gasteiger partial charge is 0.239 e. The minimum Gasteiger partial charge on any atom is -0.497 e. The first-order valence-corrected chi connectivity index (χ1v) is 8.42. The molecule has 5 nitrogen and oxygen atoms in total. The number of hydrogen-bond acceptors (Lipinski definition) is 3. The van der Waals surface area contributed by atoms with Crippen LogP contribution in [0.5, 0.6) is 5.75 Å². The molecule has 0 bridgehead atoms. The zero-order valence-corrected chi connectivity index (χ0v) is 15.4. The first-order valence-electron chi connectivity index (χ1n) is 8.42. The van der Waals surface area contributed by atoms with Gasteiger partial charge in [0.15, 0.2) is 0 Å². The van der Waals surface area contributed by atoms with Crippen LogP contribution >= 0.6 is 0 Å². The molecule has 0 unspecified atom stereocenters. The average molecular weight is 376 g/mol. The van der Waals surface area contributed by atoms with Crippen molar-refractivity contribution >= 4 is 17.5 Å². The molecule has 0 aliphatic carbocycles. The summed E-state index contributed by atoms with van der Waals surface area (Å²) in [5.41, 5.74) is -0.604. The lowest BCUT2D eigenvalue weighted by molar-refractivity contribution is -0.138. The second-order valence-electron chi connectivity index (χ2n) is 6.56. The summed E-state index contributed by atoms with van der Waals surface area (Å²) in [6.07, 6.45) is 0.583. The quantitative estimate of drug-likeness (QED) is 0.729. The predicted molar refractivity (Wildman–Crippen MR) is 98.5 cm³/mol. The molecule has 144 valence electrons. The van der Waals surface area contributed by atoms with Crippen molar-refractivity contribution in [3.05, 3.63) is 59.7 Å². The third kappa shape index (κ3) is 5.26. The predicted octanol–water partition coefficient (Wildman–Crippen LogP) is 3.30. The molecule has 2 aromatic rings. The summed E-state index contributed by atoms with van der Waals surface area (Å²) in [5, 5.41) is 5.03. The lowest BCUT2D eigenvalue weighted by Gasteiger charge is -2.23. The van der Waals surface area contributed by atoms with Crippen LogP contribution in [0.1, 0.15) is 19.4 Å². The number of nitrogens with one attached hydrogen (secondary N) is 2. The van der Waals surface area contributed by atoms with E-state index in [-0.39, 0.29) is 5.69 Å². The van der Waals surface area contributed by atoms with Gasteiger partial charge in [-0.2, -0.15) is 0 Å². The maximum atomic E-state index is 13.7. The fourth-order valence-electron chi connectivity index (χ4n) is 2.31. The van der Waals surface area contributed by atoms with Gasteiger partial charge < -0.3 is 15.4 Å². The van der Waals surface area contributed by atoms with Crippen molar-refractivity contribution < 1.29 is 23.1 Å². The molecule has 0 radical (unpaired) electrons. The highest BCUT2D eigenvalue weighted by atomic mass is 19.1. The number of hydrogen-bond donors (Lipinski definition) is 2. The van der Waals surface area contributed by atoms with E-state index in [1.165, 1.54) is 13.8 Å². The van der Waals surface area contributed by atoms with Gasteiger partial charge in [0, 0.05) is 12.6 Å². The molecule has 2 rings (SSSR count). The summed E-state index contributed by atoms with van der Waals surface area (Å²) in [4.78, 5) is 24.8. The van der Waals surface area contributed by atoms with Crippen molar-refractivity contribution in [2.45, 2.75) is 20.3 Å². The Morgan fingerprint density at radius 2 is 1.70 bits per heavy atom. The maximum absolute atomic E-state index is 13.7. The summed E-state index contributed by atoms with van der Waals surface area (Å²) >= 11 is 0. The van der Waals surface area contributed by atoms with Crippen molar-refractivity contribution in [3.63, 3.8) is 0 Å². The first-order chi connectivity index (χ1) is 12.7. The molecule has 2 N–H and O–H groups in total. The van der Waals surface area contributed by atoms with E-state index in [0.717, 1.165) is 23.4 Å². The SMILES string of the molecule is COc1ccc(CCNC(=O)C(C)(C)C(=O)Nc2ccc(F)cc2F)cc1. The third-order valence-corrected chi connectivity index (χ3v) is 4.17. The second kappa shape index (κ2) is 8.62. The van der Waals surface area contributed by atoms with E-state index in [2.05, 4.69) is 10.6 Å². The van der Waals surface area contributed by atoms with Crippen LogP contribution in [0, 0.1) is 17.0 Å². The van der Waals surface area contributed by atoms with E-state index < -0.39 is 28.9 Å². The van der Waals surface area contributed by atoms with E-state index in [0.29, 0.717) is 19.0 Å². The van der Waals surface area contributed by atoms with Crippen LogP contribution in [0.15, 0.2) is 42.5 Å². The highest BCUT2D eigenvalue weighted by Gasteiger charge is 2.36. The number of carbonyl (C=O) groups is 2. The molecule has 27 heavy (non-hydrogen) atoms. The monoisotopic (exact) mass is 376 g/mol. The largest absolute Gasteiger partial charge is 0.497 e. The Balaban J connectivity index is 1.91. The number of methoxy groups -OCH3 is 1. The van der Waals surface area contributed by atoms with Gasteiger partial charge in [0.25, 0.3) is 0 Å². The molecule has 0 heterocycles. The van der Waals surface area contributed by atoms with Crippen LogP contribution in [-0.4, -0.2) is 25.5 Å². The van der Waals surface area contributed by atoms with Crippen molar-refractivity contribution in [2.75, 3.05) is 19.0 Å². The molecular formula is C20H22F2N2O3. The molecule has 0 atom stereocenters. The fourth-order valence-corrected chi connectivity index (χ4v) is 2.31. The van der Waals surface area contributed by atoms with Gasteiger partial charge >= 0.3 is 0 Å². The lowest BCUT2D eigenvalue weighted by Crippen LogP contribution is -2.45. The number of anilines is 1. The normalized spacial score (nSPS) is 11.0. The van der Waals surface area contributed by atoms with Crippen LogP contribution in [0.4, 0.5) is 14.5 Å². The van der Waals surface area contributed by atoms with Gasteiger partial charge in [-0.05, 0) is 50.1 Å². The van der Waals surface area contributed by atoms with Gasteiger partial charge in [0.1, 0.15) is 22.8 Å². The van der Waals surface area contributed by atoms with Crippen molar-refractivity contribution in [1.29, 1.82) is 0 Å². The number of amides is 2. The number of halogens is 2. The van der Waals surface area contributed by atoms with Gasteiger partial charge in [0.05, 0.1) is 12.8 Å². The summed E-state index contributed by atoms with van der Waals surface area (Å²) in [5.74, 6) is -2.08. The van der Waals surface area contributed by atoms with Gasteiger partial charge in [-0.15, -0.1) is 0 Å². The average Bonchev–Trinajstić information content (AvgIpc) is 2.64. The molecule has 7 heteroatoms. The topological polar surface area (TPSA) is 67.4 Å². The summed E-state index contributed by atoms with van der Waals surface area (Å²) < 4.78 is 31.7. The first kappa shape index (κ1) is 20.4. The molecule has 0 saturated carbocycles. The van der Waals surface area contributed by atoms with Crippen molar-refractivity contribution in [3.8, 4) is 5.75 Å². The zero-order valence-electron chi connectivity index (χ0n) is 15.4. The molecule has 0 aromatic heterocycles. The van der Waals surface area contributed by atoms with Crippen LogP contribution in [0.2, 0.25) is 0 Å². The molecule has 0 aliphatic rings. The lowest BCUT2D eigenvalue weighted by atomic mass is 9.90. The number of ether oxygens (including phenoxy) is 1. The molecule has 0 aliphatic heterocycles. The molecule has 0 spiro atoms. The van der Waals surface area contributed by atoms with E-state index >= 15 is 0 Å². The number of carbonyl (C=O) groups excluding carboxylic acids is 2. The highest BCUT2D eigenvalue weighted by Crippen LogP contribution is 2.21. The number of rotatable bonds is 7. The van der Waals surface area contributed by atoms with Gasteiger partial charge in [-0.3, -0.25) is 9.59 Å². The highest BCUT2D eigenvalue weighted by molar-refractivity contribution is 6.09. The van der Waals surface area contributed by atoms with Crippen LogP contribution in [0.25, 0.3) is 0 Å². The standard InChI is InChI=1S/C20H22F2N2O3/c1-20(2,19(26)24-17-9-6-14(21)12-16(17)22)18(25)23-11-10-13-4-7-15(27-3)8-5-13/h4-9,12H,10-11H2,1-3H3,(H,23,25)(H,24,26). The van der Waals surface area contributed by atoms with E-state index in [1.807, 2.05) is 24.3 Å². The van der Waals surface area contributed by atoms with Gasteiger partial charge in [-0.25, -0.2) is 8.78 Å². The Bertz CT molecular complexity index is 820. The number of benzene rings is 2. The molecule has 0 saturated heterocycles. The zero-order chi connectivity index (χ0) is 20.0. The van der Waals surface area contributed by atoms with Crippen molar-refractivity contribution in [2.24, 2.45) is 5.41 Å². The summed E-state index contributed by atoms with van der Waals surface area (Å²) in [6.45, 7) is 3.21. The van der Waals surface area contributed by atoms with Crippen molar-refractivity contribution in [1.82, 2.24) is 5.32 Å². The van der Waals surface area contributed by atoms with Crippen LogP contribution in [0.3, 0.4) is 0 Å². The van der Waals surface area contributed by atoms with Crippen LogP contribution < -0.4 is 15.4 Å². The molecule has 2 aromatic carbocycles. The minimum atomic E-state index is -1.43. The van der Waals surface area contributed by atoms with E-state index in [4.69, 9.17) is 4.74 Å². The molecule has 0 fully saturated rings. The van der Waals surface area contributed by atoms with Gasteiger partial charge in [0.2, 0.25) is 11.8 Å². The Morgan fingerprint density at radius 3 is 2.30 bits per heavy atom. The summed E-state index contributed by atoms with van der Waals surface area (Å²) in [7, 11) is 1.58. The minimum absolute atomic E-state index is 0.180. The summed E-state index contributed by atoms with van der Waals surface area (Å²) in [6, 6.07) is 10.2. The maximum Gasteiger partial charge on any atom is 0.239 e. The Hall–Kier alpha value is -2.96. The van der Waals surface area contributed by atoms with E-state index in [1.54, 1.807) is 7.11 Å². The molecule has 2 amide bonds. The second-order valence-corrected chi connectivity index (χ2v) is 6.56. The fraction of sp³-hybridized carbons (Fsp3) is 0.300. The Kier molecular flexibility index (Phi) is 6.50. The van der Waals surface area contributed by atoms with Crippen LogP contribution in [-0.2, 0) is 16.0 Å². The third-order valence-electron chi connectivity index (χ3n) is 4.17. The Labute approximate surface area is 156 Å². The Morgan fingerprint density at radius 1 is 1.04 bits per heavy atom. The molecular weight excluding hydrogens is 354 g/mol. The van der Waals surface area contributed by atoms with Gasteiger partial charge in [-0.1, -0.05) is 12.1 Å². The van der Waals surface area contributed by atoms with E-state index in [9.17, 15) is 18.4 Å².